The van der Waals surface area contributed by atoms with Crippen LogP contribution < -0.4 is 10.1 Å². The number of rotatable bonds is 7. The Hall–Kier alpha value is -2.78. The maximum Gasteiger partial charge on any atom is 0.230 e. The first-order chi connectivity index (χ1) is 13.4. The largest absolute Gasteiger partial charge is 0.489 e. The highest BCUT2D eigenvalue weighted by Gasteiger charge is 2.28. The fraction of sp³-hybridized carbons (Fsp3) is 0.208. The summed E-state index contributed by atoms with van der Waals surface area (Å²) in [6.45, 7) is 8.01. The molecule has 0 bridgehead atoms. The van der Waals surface area contributed by atoms with Gasteiger partial charge in [-0.05, 0) is 36.2 Å². The number of carbonyl (C=O) groups excluding carboxylic acids is 1. The Balaban J connectivity index is 1.84. The summed E-state index contributed by atoms with van der Waals surface area (Å²) in [6.07, 6.45) is 2.33. The van der Waals surface area contributed by atoms with Crippen molar-refractivity contribution >= 4 is 34.0 Å². The first-order valence-corrected chi connectivity index (χ1v) is 9.60. The predicted octanol–water partition coefficient (Wildman–Crippen LogP) is 6.27. The summed E-state index contributed by atoms with van der Waals surface area (Å²) < 4.78 is 5.74. The normalized spacial score (nSPS) is 11.2. The fourth-order valence-electron chi connectivity index (χ4n) is 3.14. The minimum absolute atomic E-state index is 0.0348. The molecule has 0 radical (unpaired) electrons. The molecule has 0 fully saturated rings. The van der Waals surface area contributed by atoms with Crippen LogP contribution in [0.5, 0.6) is 5.75 Å². The summed E-state index contributed by atoms with van der Waals surface area (Å²) in [5.41, 5.74) is 1.27. The smallest absolute Gasteiger partial charge is 0.230 e. The number of hydrogen-bond acceptors (Lipinski definition) is 2. The molecule has 0 atom stereocenters. The molecule has 3 aromatic rings. The average Bonchev–Trinajstić information content (AvgIpc) is 2.69. The standard InChI is InChI=1S/C24H24ClNO2/c1-4-15-28-22-14-13-21(19-7-5-6-8-20(19)22)26-23(27)24(2,3)16-17-9-11-18(25)12-10-17/h4-14H,1,15-16H2,2-3H3,(H,26,27). The van der Waals surface area contributed by atoms with Crippen LogP contribution in [-0.4, -0.2) is 12.5 Å². The zero-order valence-corrected chi connectivity index (χ0v) is 16.9. The molecule has 28 heavy (non-hydrogen) atoms. The van der Waals surface area contributed by atoms with Gasteiger partial charge in [0.2, 0.25) is 5.91 Å². The topological polar surface area (TPSA) is 38.3 Å². The van der Waals surface area contributed by atoms with Crippen LogP contribution in [0.4, 0.5) is 5.69 Å². The molecule has 0 heterocycles. The molecule has 144 valence electrons. The van der Waals surface area contributed by atoms with Gasteiger partial charge < -0.3 is 10.1 Å². The van der Waals surface area contributed by atoms with E-state index in [4.69, 9.17) is 16.3 Å². The second-order valence-electron chi connectivity index (χ2n) is 7.40. The molecule has 0 aliphatic carbocycles. The maximum atomic E-state index is 13.0. The lowest BCUT2D eigenvalue weighted by molar-refractivity contribution is -0.123. The number of benzene rings is 3. The van der Waals surface area contributed by atoms with E-state index in [1.807, 2.05) is 74.5 Å². The third-order valence-electron chi connectivity index (χ3n) is 4.66. The number of halogens is 1. The highest BCUT2D eigenvalue weighted by Crippen LogP contribution is 2.33. The summed E-state index contributed by atoms with van der Waals surface area (Å²) in [5, 5.41) is 5.69. The average molecular weight is 394 g/mol. The number of nitrogens with one attached hydrogen (secondary N) is 1. The number of fused-ring (bicyclic) bond motifs is 1. The van der Waals surface area contributed by atoms with E-state index < -0.39 is 5.41 Å². The van der Waals surface area contributed by atoms with Crippen molar-refractivity contribution in [1.29, 1.82) is 0 Å². The van der Waals surface area contributed by atoms with Crippen molar-refractivity contribution in [2.45, 2.75) is 20.3 Å². The lowest BCUT2D eigenvalue weighted by Gasteiger charge is -2.24. The Bertz CT molecular complexity index is 993. The van der Waals surface area contributed by atoms with Crippen LogP contribution in [0.15, 0.2) is 73.3 Å². The third kappa shape index (κ3) is 4.55. The quantitative estimate of drug-likeness (QED) is 0.480. The van der Waals surface area contributed by atoms with Crippen molar-refractivity contribution in [1.82, 2.24) is 0 Å². The summed E-state index contributed by atoms with van der Waals surface area (Å²) >= 11 is 5.96. The highest BCUT2D eigenvalue weighted by molar-refractivity contribution is 6.30. The number of amides is 1. The predicted molar refractivity (Wildman–Crippen MR) is 117 cm³/mol. The number of hydrogen-bond donors (Lipinski definition) is 1. The van der Waals surface area contributed by atoms with Crippen molar-refractivity contribution in [3.63, 3.8) is 0 Å². The second-order valence-corrected chi connectivity index (χ2v) is 7.83. The van der Waals surface area contributed by atoms with E-state index in [1.54, 1.807) is 6.08 Å². The van der Waals surface area contributed by atoms with Crippen molar-refractivity contribution < 1.29 is 9.53 Å². The zero-order chi connectivity index (χ0) is 20.1. The van der Waals surface area contributed by atoms with Crippen LogP contribution in [-0.2, 0) is 11.2 Å². The van der Waals surface area contributed by atoms with Gasteiger partial charge in [0.25, 0.3) is 0 Å². The molecule has 4 heteroatoms. The minimum atomic E-state index is -0.576. The first-order valence-electron chi connectivity index (χ1n) is 9.22. The van der Waals surface area contributed by atoms with Gasteiger partial charge in [-0.3, -0.25) is 4.79 Å². The lowest BCUT2D eigenvalue weighted by Crippen LogP contribution is -2.32. The third-order valence-corrected chi connectivity index (χ3v) is 4.91. The van der Waals surface area contributed by atoms with E-state index in [1.165, 1.54) is 0 Å². The molecule has 0 saturated heterocycles. The molecule has 3 rings (SSSR count). The van der Waals surface area contributed by atoms with Crippen molar-refractivity contribution in [3.8, 4) is 5.75 Å². The SMILES string of the molecule is C=CCOc1ccc(NC(=O)C(C)(C)Cc2ccc(Cl)cc2)c2ccccc12. The molecule has 1 amide bonds. The molecule has 0 spiro atoms. The van der Waals surface area contributed by atoms with E-state index in [2.05, 4.69) is 11.9 Å². The number of ether oxygens (including phenoxy) is 1. The Labute approximate surface area is 171 Å². The van der Waals surface area contributed by atoms with Crippen molar-refractivity contribution in [2.24, 2.45) is 5.41 Å². The molecule has 0 saturated carbocycles. The summed E-state index contributed by atoms with van der Waals surface area (Å²) in [4.78, 5) is 13.0. The van der Waals surface area contributed by atoms with Gasteiger partial charge in [-0.2, -0.15) is 0 Å². The minimum Gasteiger partial charge on any atom is -0.489 e. The molecule has 0 aromatic heterocycles. The van der Waals surface area contributed by atoms with Crippen molar-refractivity contribution in [2.75, 3.05) is 11.9 Å². The Kier molecular flexibility index (Phi) is 6.05. The van der Waals surface area contributed by atoms with Gasteiger partial charge in [0.15, 0.2) is 0 Å². The van der Waals surface area contributed by atoms with E-state index >= 15 is 0 Å². The van der Waals surface area contributed by atoms with Crippen LogP contribution in [0.2, 0.25) is 5.02 Å². The van der Waals surface area contributed by atoms with E-state index in [0.717, 1.165) is 27.8 Å². The molecular formula is C24H24ClNO2. The van der Waals surface area contributed by atoms with E-state index in [9.17, 15) is 4.79 Å². The van der Waals surface area contributed by atoms with Gasteiger partial charge in [-0.1, -0.05) is 74.5 Å². The molecule has 0 aliphatic rings. The first kappa shape index (κ1) is 20.0. The lowest BCUT2D eigenvalue weighted by atomic mass is 9.84. The summed E-state index contributed by atoms with van der Waals surface area (Å²) in [6, 6.07) is 19.3. The van der Waals surface area contributed by atoms with Gasteiger partial charge in [-0.25, -0.2) is 0 Å². The van der Waals surface area contributed by atoms with Crippen LogP contribution in [0.1, 0.15) is 19.4 Å². The molecule has 1 N–H and O–H groups in total. The van der Waals surface area contributed by atoms with Gasteiger partial charge in [0.1, 0.15) is 12.4 Å². The summed E-state index contributed by atoms with van der Waals surface area (Å²) in [7, 11) is 0. The van der Waals surface area contributed by atoms with Gasteiger partial charge in [-0.15, -0.1) is 0 Å². The van der Waals surface area contributed by atoms with E-state index in [-0.39, 0.29) is 5.91 Å². The fourth-order valence-corrected chi connectivity index (χ4v) is 3.27. The van der Waals surface area contributed by atoms with Crippen LogP contribution in [0.3, 0.4) is 0 Å². The molecule has 3 aromatic carbocycles. The Morgan fingerprint density at radius 2 is 1.75 bits per heavy atom. The number of anilines is 1. The second kappa shape index (κ2) is 8.49. The monoisotopic (exact) mass is 393 g/mol. The van der Waals surface area contributed by atoms with Crippen LogP contribution in [0, 0.1) is 5.41 Å². The number of carbonyl (C=O) groups is 1. The molecular weight excluding hydrogens is 370 g/mol. The maximum absolute atomic E-state index is 13.0. The van der Waals surface area contributed by atoms with E-state index in [0.29, 0.717) is 18.1 Å². The van der Waals surface area contributed by atoms with Crippen LogP contribution in [0.25, 0.3) is 10.8 Å². The Morgan fingerprint density at radius 1 is 1.07 bits per heavy atom. The van der Waals surface area contributed by atoms with Crippen LogP contribution >= 0.6 is 11.6 Å². The van der Waals surface area contributed by atoms with Gasteiger partial charge in [0.05, 0.1) is 0 Å². The van der Waals surface area contributed by atoms with Gasteiger partial charge >= 0.3 is 0 Å². The zero-order valence-electron chi connectivity index (χ0n) is 16.2. The molecule has 0 aliphatic heterocycles. The highest BCUT2D eigenvalue weighted by atomic mass is 35.5. The van der Waals surface area contributed by atoms with Gasteiger partial charge in [0, 0.05) is 26.9 Å². The van der Waals surface area contributed by atoms with Crippen molar-refractivity contribution in [3.05, 3.63) is 83.9 Å². The molecule has 0 unspecified atom stereocenters. The summed E-state index contributed by atoms with van der Waals surface area (Å²) in [5.74, 6) is 0.737. The Morgan fingerprint density at radius 3 is 2.43 bits per heavy atom. The molecule has 3 nitrogen and oxygen atoms in total.